The lowest BCUT2D eigenvalue weighted by molar-refractivity contribution is -0.129. The van der Waals surface area contributed by atoms with Crippen LogP contribution in [0, 0.1) is 5.92 Å². The van der Waals surface area contributed by atoms with Crippen LogP contribution >= 0.6 is 0 Å². The molecular formula is C22H24N2O3. The minimum Gasteiger partial charge on any atom is -0.458 e. The van der Waals surface area contributed by atoms with Gasteiger partial charge in [0, 0.05) is 24.2 Å². The SMILES string of the molecule is CN1[C@H]2CC[C@@H]1[C@@H](C(=O)Nc1ccccc1)[C@@H](OC(=O)c1ccccc1)C2. The summed E-state index contributed by atoms with van der Waals surface area (Å²) < 4.78 is 5.85. The van der Waals surface area contributed by atoms with Gasteiger partial charge >= 0.3 is 5.97 Å². The molecule has 2 fully saturated rings. The van der Waals surface area contributed by atoms with Crippen LogP contribution in [-0.2, 0) is 9.53 Å². The van der Waals surface area contributed by atoms with Gasteiger partial charge in [0.05, 0.1) is 11.5 Å². The molecule has 2 aliphatic heterocycles. The van der Waals surface area contributed by atoms with Crippen LogP contribution in [0.3, 0.4) is 0 Å². The fourth-order valence-electron chi connectivity index (χ4n) is 4.41. The van der Waals surface area contributed by atoms with Crippen LogP contribution in [0.4, 0.5) is 5.69 Å². The maximum Gasteiger partial charge on any atom is 0.338 e. The number of ether oxygens (including phenoxy) is 1. The molecule has 5 heteroatoms. The van der Waals surface area contributed by atoms with E-state index in [0.717, 1.165) is 18.5 Å². The second kappa shape index (κ2) is 7.53. The van der Waals surface area contributed by atoms with Gasteiger partial charge in [-0.3, -0.25) is 9.69 Å². The number of fused-ring (bicyclic) bond motifs is 2. The van der Waals surface area contributed by atoms with Crippen LogP contribution in [0.2, 0.25) is 0 Å². The molecule has 27 heavy (non-hydrogen) atoms. The first-order valence-electron chi connectivity index (χ1n) is 9.47. The molecule has 5 nitrogen and oxygen atoms in total. The van der Waals surface area contributed by atoms with Crippen molar-refractivity contribution in [2.45, 2.75) is 37.5 Å². The minimum atomic E-state index is -0.407. The van der Waals surface area contributed by atoms with Crippen molar-refractivity contribution in [3.63, 3.8) is 0 Å². The zero-order valence-corrected chi connectivity index (χ0v) is 15.4. The number of anilines is 1. The average Bonchev–Trinajstić information content (AvgIpc) is 2.92. The van der Waals surface area contributed by atoms with E-state index in [2.05, 4.69) is 17.3 Å². The summed E-state index contributed by atoms with van der Waals surface area (Å²) in [4.78, 5) is 28.0. The molecule has 4 rings (SSSR count). The zero-order chi connectivity index (χ0) is 18.8. The van der Waals surface area contributed by atoms with Gasteiger partial charge in [-0.2, -0.15) is 0 Å². The topological polar surface area (TPSA) is 58.6 Å². The second-order valence-electron chi connectivity index (χ2n) is 7.39. The fourth-order valence-corrected chi connectivity index (χ4v) is 4.41. The molecule has 0 unspecified atom stereocenters. The molecule has 0 spiro atoms. The van der Waals surface area contributed by atoms with Gasteiger partial charge in [-0.15, -0.1) is 0 Å². The maximum absolute atomic E-state index is 13.1. The summed E-state index contributed by atoms with van der Waals surface area (Å²) in [5.74, 6) is -0.812. The van der Waals surface area contributed by atoms with Crippen molar-refractivity contribution in [1.82, 2.24) is 4.90 Å². The quantitative estimate of drug-likeness (QED) is 0.846. The lowest BCUT2D eigenvalue weighted by atomic mass is 9.86. The molecule has 0 aromatic heterocycles. The van der Waals surface area contributed by atoms with E-state index < -0.39 is 6.10 Å². The van der Waals surface area contributed by atoms with Crippen molar-refractivity contribution in [3.05, 3.63) is 66.2 Å². The Bertz CT molecular complexity index is 809. The lowest BCUT2D eigenvalue weighted by Gasteiger charge is -2.41. The Morgan fingerprint density at radius 1 is 1.00 bits per heavy atom. The molecule has 140 valence electrons. The van der Waals surface area contributed by atoms with Crippen LogP contribution in [0.5, 0.6) is 0 Å². The largest absolute Gasteiger partial charge is 0.458 e. The number of para-hydroxylation sites is 1. The molecule has 0 radical (unpaired) electrons. The Kier molecular flexibility index (Phi) is 4.94. The number of carbonyl (C=O) groups is 2. The molecular weight excluding hydrogens is 340 g/mol. The number of benzene rings is 2. The van der Waals surface area contributed by atoms with Gasteiger partial charge < -0.3 is 10.1 Å². The summed E-state index contributed by atoms with van der Waals surface area (Å²) in [7, 11) is 2.07. The van der Waals surface area contributed by atoms with Crippen LogP contribution in [-0.4, -0.2) is 42.0 Å². The minimum absolute atomic E-state index is 0.0794. The Hall–Kier alpha value is -2.66. The van der Waals surface area contributed by atoms with Gasteiger partial charge in [-0.25, -0.2) is 4.79 Å². The highest BCUT2D eigenvalue weighted by Crippen LogP contribution is 2.40. The molecule has 2 aromatic carbocycles. The summed E-state index contributed by atoms with van der Waals surface area (Å²) in [5, 5.41) is 3.00. The molecule has 2 heterocycles. The van der Waals surface area contributed by atoms with Crippen molar-refractivity contribution < 1.29 is 14.3 Å². The number of carbonyl (C=O) groups excluding carboxylic acids is 2. The Morgan fingerprint density at radius 3 is 2.37 bits per heavy atom. The second-order valence-corrected chi connectivity index (χ2v) is 7.39. The van der Waals surface area contributed by atoms with E-state index >= 15 is 0 Å². The molecule has 2 aromatic rings. The first kappa shape index (κ1) is 17.7. The zero-order valence-electron chi connectivity index (χ0n) is 15.4. The van der Waals surface area contributed by atoms with Crippen molar-refractivity contribution in [2.24, 2.45) is 5.92 Å². The molecule has 2 saturated heterocycles. The van der Waals surface area contributed by atoms with Gasteiger partial charge in [-0.05, 0) is 44.2 Å². The number of hydrogen-bond acceptors (Lipinski definition) is 4. The predicted octanol–water partition coefficient (Wildman–Crippen LogP) is 3.33. The van der Waals surface area contributed by atoms with Crippen LogP contribution in [0.15, 0.2) is 60.7 Å². The van der Waals surface area contributed by atoms with Crippen LogP contribution < -0.4 is 5.32 Å². The highest BCUT2D eigenvalue weighted by molar-refractivity contribution is 5.94. The number of hydrogen-bond donors (Lipinski definition) is 1. The number of piperidine rings is 1. The van der Waals surface area contributed by atoms with E-state index in [-0.39, 0.29) is 23.8 Å². The standard InChI is InChI=1S/C22H24N2O3/c1-24-17-12-13-18(24)20(21(25)23-16-10-6-3-7-11-16)19(14-17)27-22(26)15-8-4-2-5-9-15/h2-11,17-20H,12-14H2,1H3,(H,23,25)/t17-,18+,19-,20+/m0/s1. The summed E-state index contributed by atoms with van der Waals surface area (Å²) >= 11 is 0. The molecule has 2 bridgehead atoms. The third-order valence-corrected chi connectivity index (χ3v) is 5.83. The first-order valence-corrected chi connectivity index (χ1v) is 9.47. The summed E-state index contributed by atoms with van der Waals surface area (Å²) in [6.07, 6.45) is 2.27. The van der Waals surface area contributed by atoms with Gasteiger partial charge in [0.1, 0.15) is 6.10 Å². The van der Waals surface area contributed by atoms with E-state index in [4.69, 9.17) is 4.74 Å². The van der Waals surface area contributed by atoms with Crippen LogP contribution in [0.25, 0.3) is 0 Å². The number of nitrogens with one attached hydrogen (secondary N) is 1. The van der Waals surface area contributed by atoms with E-state index in [9.17, 15) is 9.59 Å². The van der Waals surface area contributed by atoms with Crippen molar-refractivity contribution in [1.29, 1.82) is 0 Å². The number of amides is 1. The average molecular weight is 364 g/mol. The van der Waals surface area contributed by atoms with Crippen LogP contribution in [0.1, 0.15) is 29.6 Å². The summed E-state index contributed by atoms with van der Waals surface area (Å²) in [6, 6.07) is 18.9. The fraction of sp³-hybridized carbons (Fsp3) is 0.364. The molecule has 0 aliphatic carbocycles. The summed E-state index contributed by atoms with van der Waals surface area (Å²) in [6.45, 7) is 0. The van der Waals surface area contributed by atoms with Crippen molar-refractivity contribution in [3.8, 4) is 0 Å². The Morgan fingerprint density at radius 2 is 1.67 bits per heavy atom. The molecule has 4 atom stereocenters. The van der Waals surface area contributed by atoms with Crippen molar-refractivity contribution in [2.75, 3.05) is 12.4 Å². The molecule has 1 N–H and O–H groups in total. The molecule has 1 amide bonds. The molecule has 0 saturated carbocycles. The molecule has 2 aliphatic rings. The lowest BCUT2D eigenvalue weighted by Crippen LogP contribution is -2.54. The Labute approximate surface area is 159 Å². The van der Waals surface area contributed by atoms with Crippen molar-refractivity contribution >= 4 is 17.6 Å². The first-order chi connectivity index (χ1) is 13.1. The van der Waals surface area contributed by atoms with Gasteiger partial charge in [0.25, 0.3) is 0 Å². The smallest absolute Gasteiger partial charge is 0.338 e. The number of esters is 1. The predicted molar refractivity (Wildman–Crippen MR) is 103 cm³/mol. The van der Waals surface area contributed by atoms with Gasteiger partial charge in [-0.1, -0.05) is 36.4 Å². The normalized spacial score (nSPS) is 27.1. The van der Waals surface area contributed by atoms with Gasteiger partial charge in [0.2, 0.25) is 5.91 Å². The highest BCUT2D eigenvalue weighted by atomic mass is 16.5. The monoisotopic (exact) mass is 364 g/mol. The third-order valence-electron chi connectivity index (χ3n) is 5.83. The maximum atomic E-state index is 13.1. The number of nitrogens with zero attached hydrogens (tertiary/aromatic N) is 1. The van der Waals surface area contributed by atoms with Gasteiger partial charge in [0.15, 0.2) is 0 Å². The van der Waals surface area contributed by atoms with E-state index in [1.54, 1.807) is 12.1 Å². The van der Waals surface area contributed by atoms with E-state index in [0.29, 0.717) is 18.0 Å². The highest BCUT2D eigenvalue weighted by Gasteiger charge is 2.50. The number of rotatable bonds is 4. The third kappa shape index (κ3) is 3.60. The summed E-state index contributed by atoms with van der Waals surface area (Å²) in [5.41, 5.74) is 1.28. The van der Waals surface area contributed by atoms with E-state index in [1.165, 1.54) is 0 Å². The Balaban J connectivity index is 1.55. The van der Waals surface area contributed by atoms with E-state index in [1.807, 2.05) is 48.5 Å².